The third-order valence-corrected chi connectivity index (χ3v) is 3.26. The number of ether oxygens (including phenoxy) is 1. The molecule has 0 aliphatic rings. The molecule has 0 saturated heterocycles. The van der Waals surface area contributed by atoms with Crippen molar-refractivity contribution in [3.63, 3.8) is 0 Å². The summed E-state index contributed by atoms with van der Waals surface area (Å²) in [6.07, 6.45) is 3.33. The standard InChI is InChI=1S/C16H14F2N2O/c17-16(18)21-13-3-1-2-11(10-13)4-5-12-6-7-14-15(20-12)8-9-19-14/h1-3,6-10,16,19H,4-5H2. The van der Waals surface area contributed by atoms with Crippen LogP contribution in [-0.2, 0) is 12.8 Å². The number of nitrogens with one attached hydrogen (secondary N) is 1. The zero-order valence-corrected chi connectivity index (χ0v) is 11.2. The van der Waals surface area contributed by atoms with Crippen LogP contribution in [0.5, 0.6) is 5.75 Å². The van der Waals surface area contributed by atoms with Crippen LogP contribution < -0.4 is 4.74 Å². The molecular formula is C16H14F2N2O. The number of aromatic nitrogens is 2. The van der Waals surface area contributed by atoms with Crippen LogP contribution in [0.2, 0.25) is 0 Å². The van der Waals surface area contributed by atoms with Gasteiger partial charge >= 0.3 is 6.61 Å². The van der Waals surface area contributed by atoms with Crippen molar-refractivity contribution < 1.29 is 13.5 Å². The molecule has 0 saturated carbocycles. The fraction of sp³-hybridized carbons (Fsp3) is 0.188. The SMILES string of the molecule is FC(F)Oc1cccc(CCc2ccc3[nH]ccc3n2)c1. The number of aromatic amines is 1. The second kappa shape index (κ2) is 5.91. The van der Waals surface area contributed by atoms with Gasteiger partial charge in [-0.3, -0.25) is 4.98 Å². The highest BCUT2D eigenvalue weighted by Crippen LogP contribution is 2.18. The quantitative estimate of drug-likeness (QED) is 0.772. The van der Waals surface area contributed by atoms with Gasteiger partial charge in [-0.05, 0) is 48.7 Å². The summed E-state index contributed by atoms with van der Waals surface area (Å²) in [5.74, 6) is 0.191. The summed E-state index contributed by atoms with van der Waals surface area (Å²) >= 11 is 0. The highest BCUT2D eigenvalue weighted by Gasteiger charge is 2.05. The van der Waals surface area contributed by atoms with Crippen LogP contribution in [0.25, 0.3) is 11.0 Å². The molecule has 3 nitrogen and oxygen atoms in total. The number of alkyl halides is 2. The second-order valence-electron chi connectivity index (χ2n) is 4.74. The van der Waals surface area contributed by atoms with Gasteiger partial charge in [-0.25, -0.2) is 0 Å². The number of nitrogens with zero attached hydrogens (tertiary/aromatic N) is 1. The largest absolute Gasteiger partial charge is 0.435 e. The minimum Gasteiger partial charge on any atom is -0.435 e. The fourth-order valence-corrected chi connectivity index (χ4v) is 2.27. The molecule has 0 unspecified atom stereocenters. The maximum absolute atomic E-state index is 12.2. The van der Waals surface area contributed by atoms with Crippen molar-refractivity contribution in [3.05, 3.63) is 59.9 Å². The first-order valence-corrected chi connectivity index (χ1v) is 6.67. The van der Waals surface area contributed by atoms with Crippen molar-refractivity contribution in [2.24, 2.45) is 0 Å². The number of pyridine rings is 1. The molecule has 5 heteroatoms. The van der Waals surface area contributed by atoms with Crippen LogP contribution in [0.4, 0.5) is 8.78 Å². The van der Waals surface area contributed by atoms with Gasteiger partial charge < -0.3 is 9.72 Å². The summed E-state index contributed by atoms with van der Waals surface area (Å²) < 4.78 is 28.8. The Balaban J connectivity index is 1.69. The summed E-state index contributed by atoms with van der Waals surface area (Å²) in [5, 5.41) is 0. The van der Waals surface area contributed by atoms with Gasteiger partial charge in [0.1, 0.15) is 5.75 Å². The monoisotopic (exact) mass is 288 g/mol. The number of hydrogen-bond acceptors (Lipinski definition) is 2. The van der Waals surface area contributed by atoms with Gasteiger partial charge in [0.05, 0.1) is 11.0 Å². The van der Waals surface area contributed by atoms with Crippen LogP contribution in [0.1, 0.15) is 11.3 Å². The molecule has 0 aliphatic carbocycles. The van der Waals surface area contributed by atoms with Crippen molar-refractivity contribution in [3.8, 4) is 5.75 Å². The average molecular weight is 288 g/mol. The zero-order valence-electron chi connectivity index (χ0n) is 11.2. The first-order valence-electron chi connectivity index (χ1n) is 6.67. The molecule has 1 aromatic carbocycles. The van der Waals surface area contributed by atoms with E-state index < -0.39 is 6.61 Å². The number of halogens is 2. The Morgan fingerprint density at radius 2 is 2.00 bits per heavy atom. The molecular weight excluding hydrogens is 274 g/mol. The van der Waals surface area contributed by atoms with Gasteiger partial charge in [0.2, 0.25) is 0 Å². The molecule has 2 heterocycles. The molecule has 0 amide bonds. The summed E-state index contributed by atoms with van der Waals surface area (Å²) in [4.78, 5) is 7.63. The van der Waals surface area contributed by atoms with E-state index in [1.54, 1.807) is 12.1 Å². The van der Waals surface area contributed by atoms with E-state index >= 15 is 0 Å². The Labute approximate surface area is 120 Å². The lowest BCUT2D eigenvalue weighted by molar-refractivity contribution is -0.0498. The van der Waals surface area contributed by atoms with Gasteiger partial charge in [-0.1, -0.05) is 12.1 Å². The van der Waals surface area contributed by atoms with E-state index in [0.29, 0.717) is 0 Å². The molecule has 0 aliphatic heterocycles. The topological polar surface area (TPSA) is 37.9 Å². The number of hydrogen-bond donors (Lipinski definition) is 1. The second-order valence-corrected chi connectivity index (χ2v) is 4.74. The number of fused-ring (bicyclic) bond motifs is 1. The highest BCUT2D eigenvalue weighted by atomic mass is 19.3. The summed E-state index contributed by atoms with van der Waals surface area (Å²) in [6, 6.07) is 12.7. The molecule has 21 heavy (non-hydrogen) atoms. The summed E-state index contributed by atoms with van der Waals surface area (Å²) in [6.45, 7) is -2.79. The molecule has 2 aromatic heterocycles. The van der Waals surface area contributed by atoms with Crippen LogP contribution in [-0.4, -0.2) is 16.6 Å². The van der Waals surface area contributed by atoms with Crippen LogP contribution >= 0.6 is 0 Å². The highest BCUT2D eigenvalue weighted by molar-refractivity contribution is 5.74. The van der Waals surface area contributed by atoms with Gasteiger partial charge in [-0.15, -0.1) is 0 Å². The van der Waals surface area contributed by atoms with Crippen molar-refractivity contribution in [1.82, 2.24) is 9.97 Å². The van der Waals surface area contributed by atoms with Crippen LogP contribution in [0, 0.1) is 0 Å². The molecule has 0 radical (unpaired) electrons. The van der Waals surface area contributed by atoms with Crippen LogP contribution in [0.3, 0.4) is 0 Å². The summed E-state index contributed by atoms with van der Waals surface area (Å²) in [5.41, 5.74) is 3.86. The average Bonchev–Trinajstić information content (AvgIpc) is 2.92. The Bertz CT molecular complexity index is 740. The maximum atomic E-state index is 12.2. The van der Waals surface area contributed by atoms with Crippen molar-refractivity contribution in [1.29, 1.82) is 0 Å². The summed E-state index contributed by atoms with van der Waals surface area (Å²) in [7, 11) is 0. The Hall–Kier alpha value is -2.43. The third-order valence-electron chi connectivity index (χ3n) is 3.26. The fourth-order valence-electron chi connectivity index (χ4n) is 2.27. The molecule has 108 valence electrons. The Morgan fingerprint density at radius 3 is 2.86 bits per heavy atom. The van der Waals surface area contributed by atoms with Crippen molar-refractivity contribution in [2.45, 2.75) is 19.5 Å². The lowest BCUT2D eigenvalue weighted by atomic mass is 10.1. The molecule has 0 bridgehead atoms. The number of rotatable bonds is 5. The van der Waals surface area contributed by atoms with E-state index in [-0.39, 0.29) is 5.75 Å². The van der Waals surface area contributed by atoms with E-state index in [9.17, 15) is 8.78 Å². The molecule has 3 rings (SSSR count). The molecule has 0 fully saturated rings. The van der Waals surface area contributed by atoms with E-state index in [0.717, 1.165) is 35.1 Å². The maximum Gasteiger partial charge on any atom is 0.387 e. The predicted octanol–water partition coefficient (Wildman–Crippen LogP) is 3.95. The molecule has 3 aromatic rings. The first-order chi connectivity index (χ1) is 10.2. The van der Waals surface area contributed by atoms with Gasteiger partial charge in [-0.2, -0.15) is 8.78 Å². The third kappa shape index (κ3) is 3.37. The zero-order chi connectivity index (χ0) is 14.7. The first kappa shape index (κ1) is 13.5. The van der Waals surface area contributed by atoms with E-state index in [1.165, 1.54) is 6.07 Å². The van der Waals surface area contributed by atoms with E-state index in [1.807, 2.05) is 30.5 Å². The van der Waals surface area contributed by atoms with Gasteiger partial charge in [0.15, 0.2) is 0 Å². The lowest BCUT2D eigenvalue weighted by Gasteiger charge is -2.07. The minimum atomic E-state index is -2.79. The molecule has 0 spiro atoms. The Kier molecular flexibility index (Phi) is 3.81. The Morgan fingerprint density at radius 1 is 1.10 bits per heavy atom. The normalized spacial score (nSPS) is 11.2. The predicted molar refractivity (Wildman–Crippen MR) is 76.6 cm³/mol. The minimum absolute atomic E-state index is 0.191. The number of H-pyrrole nitrogens is 1. The van der Waals surface area contributed by atoms with Crippen molar-refractivity contribution in [2.75, 3.05) is 0 Å². The molecule has 0 atom stereocenters. The van der Waals surface area contributed by atoms with Gasteiger partial charge in [0.25, 0.3) is 0 Å². The molecule has 1 N–H and O–H groups in total. The lowest BCUT2D eigenvalue weighted by Crippen LogP contribution is -2.02. The van der Waals surface area contributed by atoms with E-state index in [4.69, 9.17) is 0 Å². The number of benzene rings is 1. The van der Waals surface area contributed by atoms with E-state index in [2.05, 4.69) is 14.7 Å². The van der Waals surface area contributed by atoms with Gasteiger partial charge in [0, 0.05) is 11.9 Å². The smallest absolute Gasteiger partial charge is 0.387 e. The van der Waals surface area contributed by atoms with Crippen LogP contribution in [0.15, 0.2) is 48.7 Å². The van der Waals surface area contributed by atoms with Crippen molar-refractivity contribution >= 4 is 11.0 Å². The number of aryl methyl sites for hydroxylation is 2.